The quantitative estimate of drug-likeness (QED) is 0.813. The van der Waals surface area contributed by atoms with E-state index in [1.54, 1.807) is 0 Å². The van der Waals surface area contributed by atoms with Crippen molar-refractivity contribution >= 4 is 23.4 Å². The highest BCUT2D eigenvalue weighted by atomic mass is 16.2. The Balaban J connectivity index is 1.84. The Morgan fingerprint density at radius 3 is 1.92 bits per heavy atom. The minimum atomic E-state index is -0.772. The second-order valence-corrected chi connectivity index (χ2v) is 9.23. The van der Waals surface area contributed by atoms with Crippen LogP contribution in [-0.4, -0.2) is 17.7 Å². The van der Waals surface area contributed by atoms with Crippen LogP contribution in [0.4, 0.5) is 5.69 Å². The first-order valence-electron chi connectivity index (χ1n) is 9.25. The summed E-state index contributed by atoms with van der Waals surface area (Å²) in [5, 5.41) is 5.49. The highest BCUT2D eigenvalue weighted by Crippen LogP contribution is 2.56. The van der Waals surface area contributed by atoms with Gasteiger partial charge in [0, 0.05) is 21.9 Å². The summed E-state index contributed by atoms with van der Waals surface area (Å²) in [7, 11) is 0. The number of anilines is 1. The molecule has 1 aliphatic heterocycles. The van der Waals surface area contributed by atoms with Gasteiger partial charge in [-0.1, -0.05) is 46.8 Å². The van der Waals surface area contributed by atoms with Crippen LogP contribution in [0.15, 0.2) is 24.3 Å². The van der Waals surface area contributed by atoms with Gasteiger partial charge in [-0.05, 0) is 42.9 Å². The summed E-state index contributed by atoms with van der Waals surface area (Å²) in [6, 6.07) is 7.83. The molecule has 1 aliphatic carbocycles. The van der Waals surface area contributed by atoms with E-state index in [0.29, 0.717) is 25.2 Å². The van der Waals surface area contributed by atoms with Crippen molar-refractivity contribution in [2.45, 2.75) is 59.8 Å². The Bertz CT molecular complexity index is 740. The number of nitrogens with one attached hydrogen (secondary N) is 2. The number of imide groups is 1. The van der Waals surface area contributed by atoms with Crippen molar-refractivity contribution in [1.29, 1.82) is 0 Å². The summed E-state index contributed by atoms with van der Waals surface area (Å²) in [4.78, 5) is 37.9. The largest absolute Gasteiger partial charge is 0.326 e. The number of fused-ring (bicyclic) bond motifs is 2. The van der Waals surface area contributed by atoms with Crippen LogP contribution in [0.1, 0.15) is 65.4 Å². The first-order chi connectivity index (χ1) is 12.0. The number of hydrogen-bond donors (Lipinski definition) is 2. The van der Waals surface area contributed by atoms with E-state index < -0.39 is 16.2 Å². The molecular formula is C21H28N2O3. The third-order valence-corrected chi connectivity index (χ3v) is 6.05. The summed E-state index contributed by atoms with van der Waals surface area (Å²) >= 11 is 0. The first kappa shape index (κ1) is 18.6. The van der Waals surface area contributed by atoms with Crippen LogP contribution in [0.25, 0.3) is 0 Å². The van der Waals surface area contributed by atoms with Gasteiger partial charge < -0.3 is 5.32 Å². The van der Waals surface area contributed by atoms with Crippen LogP contribution in [0.3, 0.4) is 0 Å². The van der Waals surface area contributed by atoms with Crippen LogP contribution in [0.5, 0.6) is 0 Å². The van der Waals surface area contributed by atoms with Crippen LogP contribution in [0.2, 0.25) is 0 Å². The van der Waals surface area contributed by atoms with Crippen molar-refractivity contribution in [2.75, 3.05) is 5.32 Å². The maximum atomic E-state index is 13.1. The zero-order valence-corrected chi connectivity index (χ0v) is 16.2. The fourth-order valence-electron chi connectivity index (χ4n) is 4.89. The van der Waals surface area contributed by atoms with Crippen molar-refractivity contribution < 1.29 is 14.4 Å². The molecule has 26 heavy (non-hydrogen) atoms. The molecule has 2 bridgehead atoms. The number of carbonyl (C=O) groups is 3. The van der Waals surface area contributed by atoms with Gasteiger partial charge in [-0.15, -0.1) is 0 Å². The lowest BCUT2D eigenvalue weighted by Gasteiger charge is -2.53. The van der Waals surface area contributed by atoms with Gasteiger partial charge in [-0.25, -0.2) is 0 Å². The highest BCUT2D eigenvalue weighted by Gasteiger charge is 2.60. The number of hydrogen-bond acceptors (Lipinski definition) is 3. The summed E-state index contributed by atoms with van der Waals surface area (Å²) in [6.07, 6.45) is 1.37. The van der Waals surface area contributed by atoms with Crippen molar-refractivity contribution in [3.63, 3.8) is 0 Å². The lowest BCUT2D eigenvalue weighted by Crippen LogP contribution is -2.63. The number of carbonyl (C=O) groups excluding carboxylic acids is 3. The van der Waals surface area contributed by atoms with E-state index in [4.69, 9.17) is 0 Å². The molecule has 1 saturated carbocycles. The molecular weight excluding hydrogens is 328 g/mol. The zero-order chi connectivity index (χ0) is 19.3. The normalized spacial score (nSPS) is 33.8. The molecule has 1 heterocycles. The van der Waals surface area contributed by atoms with E-state index >= 15 is 0 Å². The second kappa shape index (κ2) is 5.93. The summed E-state index contributed by atoms with van der Waals surface area (Å²) < 4.78 is 0. The minimum absolute atomic E-state index is 0.130. The molecule has 3 rings (SSSR count). The van der Waals surface area contributed by atoms with Gasteiger partial charge in [0.15, 0.2) is 0 Å². The summed E-state index contributed by atoms with van der Waals surface area (Å²) in [5.74, 6) is -0.228. The van der Waals surface area contributed by atoms with E-state index in [1.807, 2.05) is 45.0 Å². The number of amides is 3. The lowest BCUT2D eigenvalue weighted by atomic mass is 9.52. The molecule has 1 saturated heterocycles. The molecule has 5 heteroatoms. The second-order valence-electron chi connectivity index (χ2n) is 9.23. The monoisotopic (exact) mass is 356 g/mol. The van der Waals surface area contributed by atoms with Gasteiger partial charge >= 0.3 is 0 Å². The fourth-order valence-corrected chi connectivity index (χ4v) is 4.89. The van der Waals surface area contributed by atoms with Crippen molar-refractivity contribution in [2.24, 2.45) is 16.2 Å². The minimum Gasteiger partial charge on any atom is -0.326 e. The maximum absolute atomic E-state index is 13.1. The van der Waals surface area contributed by atoms with Gasteiger partial charge in [0.25, 0.3) is 0 Å². The predicted molar refractivity (Wildman–Crippen MR) is 100 cm³/mol. The van der Waals surface area contributed by atoms with Crippen LogP contribution < -0.4 is 10.6 Å². The Hall–Kier alpha value is -2.17. The number of piperidine rings is 1. The number of benzene rings is 1. The molecule has 5 nitrogen and oxygen atoms in total. The van der Waals surface area contributed by atoms with Gasteiger partial charge in [0.05, 0.1) is 0 Å². The Morgan fingerprint density at radius 1 is 0.962 bits per heavy atom. The van der Waals surface area contributed by atoms with E-state index in [-0.39, 0.29) is 17.7 Å². The van der Waals surface area contributed by atoms with Crippen molar-refractivity contribution in [3.05, 3.63) is 29.8 Å². The fraction of sp³-hybridized carbons (Fsp3) is 0.571. The standard InChI is InChI=1S/C21H28N2O3/c1-13(2)14-6-8-15(9-7-14)22-16(24)19(3)10-20(4)12-21(5,11-19)18(26)23-17(20)25/h6-9,13H,10-12H2,1-5H3,(H,22,24)(H,23,25,26). The average Bonchev–Trinajstić information content (AvgIpc) is 2.53. The topological polar surface area (TPSA) is 75.3 Å². The van der Waals surface area contributed by atoms with Gasteiger partial charge in [-0.2, -0.15) is 0 Å². The van der Waals surface area contributed by atoms with Gasteiger partial charge in [0.2, 0.25) is 17.7 Å². The van der Waals surface area contributed by atoms with Crippen LogP contribution in [0, 0.1) is 16.2 Å². The first-order valence-corrected chi connectivity index (χ1v) is 9.25. The molecule has 0 spiro atoms. The molecule has 2 fully saturated rings. The van der Waals surface area contributed by atoms with Crippen molar-refractivity contribution in [1.82, 2.24) is 5.32 Å². The molecule has 1 aromatic carbocycles. The maximum Gasteiger partial charge on any atom is 0.232 e. The lowest BCUT2D eigenvalue weighted by molar-refractivity contribution is -0.163. The van der Waals surface area contributed by atoms with Crippen molar-refractivity contribution in [3.8, 4) is 0 Å². The van der Waals surface area contributed by atoms with Gasteiger partial charge in [-0.3, -0.25) is 19.7 Å². The molecule has 2 aliphatic rings. The predicted octanol–water partition coefficient (Wildman–Crippen LogP) is 3.61. The molecule has 3 amide bonds. The Morgan fingerprint density at radius 2 is 1.46 bits per heavy atom. The van der Waals surface area contributed by atoms with Crippen LogP contribution in [-0.2, 0) is 14.4 Å². The Labute approximate surface area is 154 Å². The third kappa shape index (κ3) is 3.04. The SMILES string of the molecule is CC(C)c1ccc(NC(=O)C2(C)CC3(C)CC(C)(C2)C(=O)NC3=O)cc1. The third-order valence-electron chi connectivity index (χ3n) is 6.05. The highest BCUT2D eigenvalue weighted by molar-refractivity contribution is 6.05. The molecule has 2 N–H and O–H groups in total. The molecule has 0 aromatic heterocycles. The molecule has 0 radical (unpaired) electrons. The molecule has 1 aromatic rings. The average molecular weight is 356 g/mol. The molecule has 2 unspecified atom stereocenters. The van der Waals surface area contributed by atoms with E-state index in [9.17, 15) is 14.4 Å². The van der Waals surface area contributed by atoms with E-state index in [2.05, 4.69) is 24.5 Å². The summed E-state index contributed by atoms with van der Waals surface area (Å²) in [6.45, 7) is 9.83. The van der Waals surface area contributed by atoms with E-state index in [0.717, 1.165) is 5.69 Å². The summed E-state index contributed by atoms with van der Waals surface area (Å²) in [5.41, 5.74) is -0.222. The van der Waals surface area contributed by atoms with Crippen LogP contribution >= 0.6 is 0 Å². The van der Waals surface area contributed by atoms with Gasteiger partial charge in [0.1, 0.15) is 0 Å². The Kier molecular flexibility index (Phi) is 4.25. The van der Waals surface area contributed by atoms with E-state index in [1.165, 1.54) is 5.56 Å². The number of rotatable bonds is 3. The smallest absolute Gasteiger partial charge is 0.232 e. The zero-order valence-electron chi connectivity index (χ0n) is 16.2. The molecule has 2 atom stereocenters. The molecule has 140 valence electrons.